The van der Waals surface area contributed by atoms with E-state index >= 15 is 0 Å². The number of hydrogen-bond donors (Lipinski definition) is 2. The molecule has 0 fully saturated rings. The monoisotopic (exact) mass is 323 g/mol. The molecule has 0 aliphatic heterocycles. The summed E-state index contributed by atoms with van der Waals surface area (Å²) in [7, 11) is 1.57. The first-order valence-corrected chi connectivity index (χ1v) is 6.28. The molecule has 1 aromatic carbocycles. The van der Waals surface area contributed by atoms with E-state index in [1.165, 1.54) is 0 Å². The van der Waals surface area contributed by atoms with Crippen LogP contribution in [0.2, 0.25) is 0 Å². The van der Waals surface area contributed by atoms with Crippen LogP contribution in [0.4, 0.5) is 8.78 Å². The predicted octanol–water partition coefficient (Wildman–Crippen LogP) is 2.73. The van der Waals surface area contributed by atoms with Crippen LogP contribution in [0.3, 0.4) is 0 Å². The number of aliphatic hydroxyl groups is 1. The molecule has 2 unspecified atom stereocenters. The number of methoxy groups -OCH3 is 1. The number of nitrogens with one attached hydrogen (secondary N) is 1. The molecule has 3 nitrogen and oxygen atoms in total. The van der Waals surface area contributed by atoms with Gasteiger partial charge in [0, 0.05) is 12.6 Å². The smallest absolute Gasteiger partial charge is 0.265 e. The van der Waals surface area contributed by atoms with Gasteiger partial charge in [0.05, 0.1) is 11.6 Å². The van der Waals surface area contributed by atoms with E-state index in [-0.39, 0.29) is 12.6 Å². The molecule has 0 saturated heterocycles. The fourth-order valence-corrected chi connectivity index (χ4v) is 2.01. The van der Waals surface area contributed by atoms with Gasteiger partial charge in [-0.25, -0.2) is 8.78 Å². The number of alkyl halides is 2. The number of benzene rings is 1. The highest BCUT2D eigenvalue weighted by Gasteiger charge is 2.17. The highest BCUT2D eigenvalue weighted by molar-refractivity contribution is 9.10. The summed E-state index contributed by atoms with van der Waals surface area (Å²) in [5.41, 5.74) is 0.921. The van der Waals surface area contributed by atoms with Gasteiger partial charge < -0.3 is 15.2 Å². The molecule has 0 saturated carbocycles. The van der Waals surface area contributed by atoms with Crippen molar-refractivity contribution in [2.75, 3.05) is 13.7 Å². The minimum absolute atomic E-state index is 0.138. The number of ether oxygens (including phenoxy) is 1. The van der Waals surface area contributed by atoms with Crippen LogP contribution in [0.25, 0.3) is 0 Å². The Hall–Kier alpha value is -0.720. The maximum absolute atomic E-state index is 12.1. The molecular weight excluding hydrogens is 308 g/mol. The summed E-state index contributed by atoms with van der Waals surface area (Å²) in [5.74, 6) is 0.707. The molecule has 0 aromatic heterocycles. The second-order valence-electron chi connectivity index (χ2n) is 3.93. The van der Waals surface area contributed by atoms with Crippen molar-refractivity contribution in [1.82, 2.24) is 5.32 Å². The Morgan fingerprint density at radius 2 is 2.11 bits per heavy atom. The van der Waals surface area contributed by atoms with Crippen molar-refractivity contribution in [2.45, 2.75) is 25.5 Å². The molecule has 0 aliphatic rings. The number of rotatable bonds is 6. The van der Waals surface area contributed by atoms with Crippen molar-refractivity contribution in [3.63, 3.8) is 0 Å². The Kier molecular flexibility index (Phi) is 5.98. The van der Waals surface area contributed by atoms with Gasteiger partial charge in [-0.15, -0.1) is 0 Å². The third kappa shape index (κ3) is 4.19. The molecule has 0 spiro atoms. The van der Waals surface area contributed by atoms with E-state index in [1.54, 1.807) is 13.2 Å². The lowest BCUT2D eigenvalue weighted by Gasteiger charge is -2.17. The summed E-state index contributed by atoms with van der Waals surface area (Å²) in [6.45, 7) is 1.69. The Bertz CT molecular complexity index is 390. The number of halogens is 3. The van der Waals surface area contributed by atoms with E-state index < -0.39 is 12.5 Å². The lowest BCUT2D eigenvalue weighted by molar-refractivity contribution is -0.00439. The molecule has 102 valence electrons. The summed E-state index contributed by atoms with van der Waals surface area (Å²) in [5, 5.41) is 11.9. The van der Waals surface area contributed by atoms with Gasteiger partial charge in [0.25, 0.3) is 6.43 Å². The molecule has 1 aromatic rings. The van der Waals surface area contributed by atoms with E-state index in [4.69, 9.17) is 9.84 Å². The number of aliphatic hydroxyl groups excluding tert-OH is 1. The summed E-state index contributed by atoms with van der Waals surface area (Å²) >= 11 is 3.36. The van der Waals surface area contributed by atoms with E-state index in [9.17, 15) is 8.78 Å². The Balaban J connectivity index is 2.61. The maximum atomic E-state index is 12.1. The first-order valence-electron chi connectivity index (χ1n) is 5.48. The van der Waals surface area contributed by atoms with Crippen LogP contribution in [-0.2, 0) is 0 Å². The first kappa shape index (κ1) is 15.3. The lowest BCUT2D eigenvalue weighted by atomic mass is 10.1. The zero-order chi connectivity index (χ0) is 13.7. The van der Waals surface area contributed by atoms with Crippen molar-refractivity contribution in [2.24, 2.45) is 0 Å². The van der Waals surface area contributed by atoms with Gasteiger partial charge in [0.2, 0.25) is 0 Å². The molecule has 2 N–H and O–H groups in total. The van der Waals surface area contributed by atoms with E-state index in [0.29, 0.717) is 5.75 Å². The normalized spacial score (nSPS) is 14.6. The predicted molar refractivity (Wildman–Crippen MR) is 69.1 cm³/mol. The molecule has 1 rings (SSSR count). The van der Waals surface area contributed by atoms with Gasteiger partial charge in [-0.1, -0.05) is 6.07 Å². The van der Waals surface area contributed by atoms with E-state index in [0.717, 1.165) is 10.0 Å². The van der Waals surface area contributed by atoms with Crippen molar-refractivity contribution in [3.05, 3.63) is 28.2 Å². The molecule has 0 heterocycles. The highest BCUT2D eigenvalue weighted by atomic mass is 79.9. The SMILES string of the molecule is COc1ccc(C(C)NCC(O)C(F)F)cc1Br. The third-order valence-electron chi connectivity index (χ3n) is 2.60. The molecule has 0 radical (unpaired) electrons. The van der Waals surface area contributed by atoms with Gasteiger partial charge in [-0.3, -0.25) is 0 Å². The molecule has 0 amide bonds. The largest absolute Gasteiger partial charge is 0.496 e. The lowest BCUT2D eigenvalue weighted by Crippen LogP contribution is -2.33. The maximum Gasteiger partial charge on any atom is 0.265 e. The fraction of sp³-hybridized carbons (Fsp3) is 0.500. The third-order valence-corrected chi connectivity index (χ3v) is 3.22. The van der Waals surface area contributed by atoms with Crippen molar-refractivity contribution in [3.8, 4) is 5.75 Å². The first-order chi connectivity index (χ1) is 8.45. The van der Waals surface area contributed by atoms with Crippen LogP contribution >= 0.6 is 15.9 Å². The van der Waals surface area contributed by atoms with Gasteiger partial charge in [-0.2, -0.15) is 0 Å². The van der Waals surface area contributed by atoms with Crippen LogP contribution in [0, 0.1) is 0 Å². The van der Waals surface area contributed by atoms with Gasteiger partial charge in [0.1, 0.15) is 11.9 Å². The van der Waals surface area contributed by atoms with Gasteiger partial charge in [0.15, 0.2) is 0 Å². The van der Waals surface area contributed by atoms with Crippen LogP contribution in [0.15, 0.2) is 22.7 Å². The number of hydrogen-bond acceptors (Lipinski definition) is 3. The molecule has 18 heavy (non-hydrogen) atoms. The average molecular weight is 324 g/mol. The molecule has 6 heteroatoms. The summed E-state index contributed by atoms with van der Waals surface area (Å²) in [6, 6.07) is 5.35. The van der Waals surface area contributed by atoms with Crippen LogP contribution < -0.4 is 10.1 Å². The summed E-state index contributed by atoms with van der Waals surface area (Å²) in [4.78, 5) is 0. The summed E-state index contributed by atoms with van der Waals surface area (Å²) < 4.78 is 30.2. The minimum atomic E-state index is -2.73. The second-order valence-corrected chi connectivity index (χ2v) is 4.78. The van der Waals surface area contributed by atoms with Crippen molar-refractivity contribution < 1.29 is 18.6 Å². The molecule has 0 aliphatic carbocycles. The standard InChI is InChI=1S/C12H16BrF2NO2/c1-7(16-6-10(17)12(14)15)8-3-4-11(18-2)9(13)5-8/h3-5,7,10,12,16-17H,6H2,1-2H3. The van der Waals surface area contributed by atoms with Crippen LogP contribution in [0.5, 0.6) is 5.75 Å². The van der Waals surface area contributed by atoms with Crippen molar-refractivity contribution >= 4 is 15.9 Å². The molecular formula is C12H16BrF2NO2. The van der Waals surface area contributed by atoms with E-state index in [2.05, 4.69) is 21.2 Å². The van der Waals surface area contributed by atoms with Crippen LogP contribution in [0.1, 0.15) is 18.5 Å². The second kappa shape index (κ2) is 7.01. The van der Waals surface area contributed by atoms with Crippen LogP contribution in [-0.4, -0.2) is 31.3 Å². The van der Waals surface area contributed by atoms with Gasteiger partial charge >= 0.3 is 0 Å². The van der Waals surface area contributed by atoms with Crippen molar-refractivity contribution in [1.29, 1.82) is 0 Å². The Labute approximate surface area is 113 Å². The quantitative estimate of drug-likeness (QED) is 0.845. The highest BCUT2D eigenvalue weighted by Crippen LogP contribution is 2.27. The average Bonchev–Trinajstić information content (AvgIpc) is 2.35. The topological polar surface area (TPSA) is 41.5 Å². The Morgan fingerprint density at radius 3 is 2.61 bits per heavy atom. The zero-order valence-electron chi connectivity index (χ0n) is 10.2. The molecule has 2 atom stereocenters. The Morgan fingerprint density at radius 1 is 1.44 bits per heavy atom. The fourth-order valence-electron chi connectivity index (χ4n) is 1.46. The van der Waals surface area contributed by atoms with Gasteiger partial charge in [-0.05, 0) is 40.5 Å². The molecule has 0 bridgehead atoms. The summed E-state index contributed by atoms with van der Waals surface area (Å²) in [6.07, 6.45) is -4.37. The van der Waals surface area contributed by atoms with E-state index in [1.807, 2.05) is 19.1 Å². The minimum Gasteiger partial charge on any atom is -0.496 e. The zero-order valence-corrected chi connectivity index (χ0v) is 11.7.